The molecular formula is C18H10Cl2N4O2S. The van der Waals surface area contributed by atoms with E-state index in [2.05, 4.69) is 16.4 Å². The summed E-state index contributed by atoms with van der Waals surface area (Å²) in [5.41, 5.74) is 2.36. The zero-order valence-electron chi connectivity index (χ0n) is 13.5. The number of non-ortho nitro benzene ring substituents is 1. The number of rotatable bonds is 5. The lowest BCUT2D eigenvalue weighted by atomic mass is 10.1. The van der Waals surface area contributed by atoms with Crippen molar-refractivity contribution >= 4 is 51.5 Å². The largest absolute Gasteiger partial charge is 0.360 e. The molecule has 0 fully saturated rings. The quantitative estimate of drug-likeness (QED) is 0.312. The Balaban J connectivity index is 1.82. The second-order valence-electron chi connectivity index (χ2n) is 5.31. The van der Waals surface area contributed by atoms with Gasteiger partial charge in [-0.2, -0.15) is 5.26 Å². The van der Waals surface area contributed by atoms with Crippen LogP contribution in [0.1, 0.15) is 5.01 Å². The van der Waals surface area contributed by atoms with Crippen LogP contribution < -0.4 is 5.32 Å². The number of nitrogens with zero attached hydrogens (tertiary/aromatic N) is 3. The van der Waals surface area contributed by atoms with Crippen LogP contribution >= 0.6 is 34.5 Å². The normalized spacial score (nSPS) is 11.1. The van der Waals surface area contributed by atoms with Gasteiger partial charge < -0.3 is 5.32 Å². The molecule has 2 aromatic carbocycles. The Morgan fingerprint density at radius 2 is 1.89 bits per heavy atom. The molecule has 0 aliphatic carbocycles. The van der Waals surface area contributed by atoms with Crippen LogP contribution in [0.15, 0.2) is 54.0 Å². The second-order valence-corrected chi connectivity index (χ2v) is 7.05. The maximum atomic E-state index is 10.7. The number of hydrogen-bond acceptors (Lipinski definition) is 6. The molecule has 0 spiro atoms. The number of nitriles is 1. The molecule has 1 aromatic heterocycles. The Morgan fingerprint density at radius 1 is 1.22 bits per heavy atom. The Labute approximate surface area is 168 Å². The highest BCUT2D eigenvalue weighted by Gasteiger charge is 2.11. The number of nitrogens with one attached hydrogen (secondary N) is 1. The first-order chi connectivity index (χ1) is 13.0. The number of nitro benzene ring substituents is 1. The van der Waals surface area contributed by atoms with E-state index in [1.807, 2.05) is 0 Å². The van der Waals surface area contributed by atoms with E-state index < -0.39 is 4.92 Å². The number of aromatic nitrogens is 1. The summed E-state index contributed by atoms with van der Waals surface area (Å²) in [6.07, 6.45) is 1.53. The van der Waals surface area contributed by atoms with Gasteiger partial charge in [0, 0.05) is 45.0 Å². The van der Waals surface area contributed by atoms with Crippen molar-refractivity contribution in [2.75, 3.05) is 5.32 Å². The van der Waals surface area contributed by atoms with Gasteiger partial charge in [-0.3, -0.25) is 10.1 Å². The molecule has 0 amide bonds. The molecule has 9 heteroatoms. The summed E-state index contributed by atoms with van der Waals surface area (Å²) < 4.78 is 0. The summed E-state index contributed by atoms with van der Waals surface area (Å²) in [5, 5.41) is 26.4. The van der Waals surface area contributed by atoms with Crippen molar-refractivity contribution in [3.05, 3.63) is 79.2 Å². The Bertz CT molecular complexity index is 1050. The molecule has 0 saturated heterocycles. The van der Waals surface area contributed by atoms with Crippen molar-refractivity contribution in [3.8, 4) is 17.3 Å². The van der Waals surface area contributed by atoms with Crippen LogP contribution in [0.4, 0.5) is 11.4 Å². The fourth-order valence-corrected chi connectivity index (χ4v) is 3.54. The molecule has 0 unspecified atom stereocenters. The van der Waals surface area contributed by atoms with Crippen LogP contribution in [0.2, 0.25) is 10.0 Å². The van der Waals surface area contributed by atoms with E-state index in [9.17, 15) is 15.4 Å². The molecule has 1 N–H and O–H groups in total. The number of benzene rings is 2. The SMILES string of the molecule is N#C/C(=C/Nc1cc(Cl)cc(Cl)c1)c1nc(-c2ccc([N+](=O)[O-])cc2)cs1. The van der Waals surface area contributed by atoms with Crippen LogP contribution in [-0.2, 0) is 0 Å². The number of halogens is 2. The lowest BCUT2D eigenvalue weighted by Crippen LogP contribution is -1.91. The number of hydrogen-bond donors (Lipinski definition) is 1. The number of nitro groups is 1. The summed E-state index contributed by atoms with van der Waals surface area (Å²) in [4.78, 5) is 14.7. The lowest BCUT2D eigenvalue weighted by molar-refractivity contribution is -0.384. The maximum absolute atomic E-state index is 10.7. The minimum atomic E-state index is -0.458. The van der Waals surface area contributed by atoms with Crippen LogP contribution in [-0.4, -0.2) is 9.91 Å². The maximum Gasteiger partial charge on any atom is 0.269 e. The number of allylic oxidation sites excluding steroid dienone is 1. The molecule has 134 valence electrons. The van der Waals surface area contributed by atoms with E-state index in [0.717, 1.165) is 5.56 Å². The summed E-state index contributed by atoms with van der Waals surface area (Å²) in [7, 11) is 0. The average Bonchev–Trinajstić information content (AvgIpc) is 3.11. The van der Waals surface area contributed by atoms with Crippen molar-refractivity contribution in [3.63, 3.8) is 0 Å². The molecular weight excluding hydrogens is 407 g/mol. The molecule has 0 radical (unpaired) electrons. The third-order valence-corrected chi connectivity index (χ3v) is 4.79. The van der Waals surface area contributed by atoms with Crippen LogP contribution in [0.3, 0.4) is 0 Å². The van der Waals surface area contributed by atoms with Crippen molar-refractivity contribution in [1.82, 2.24) is 4.98 Å². The van der Waals surface area contributed by atoms with E-state index in [1.54, 1.807) is 35.7 Å². The first-order valence-corrected chi connectivity index (χ1v) is 9.13. The van der Waals surface area contributed by atoms with Crippen molar-refractivity contribution in [2.45, 2.75) is 0 Å². The Hall–Kier alpha value is -2.92. The predicted molar refractivity (Wildman–Crippen MR) is 108 cm³/mol. The summed E-state index contributed by atoms with van der Waals surface area (Å²) in [5.74, 6) is 0. The highest BCUT2D eigenvalue weighted by molar-refractivity contribution is 7.11. The van der Waals surface area contributed by atoms with Gasteiger partial charge in [0.05, 0.1) is 10.6 Å². The second kappa shape index (κ2) is 8.18. The molecule has 0 atom stereocenters. The van der Waals surface area contributed by atoms with E-state index in [-0.39, 0.29) is 5.69 Å². The zero-order valence-corrected chi connectivity index (χ0v) is 15.8. The minimum Gasteiger partial charge on any atom is -0.360 e. The first-order valence-electron chi connectivity index (χ1n) is 7.50. The monoisotopic (exact) mass is 416 g/mol. The van der Waals surface area contributed by atoms with Crippen LogP contribution in [0.25, 0.3) is 16.8 Å². The standard InChI is InChI=1S/C18H10Cl2N4O2S/c19-13-5-14(20)7-15(6-13)22-9-12(8-21)18-23-17(10-27-18)11-1-3-16(4-2-11)24(25)26/h1-7,9-10,22H/b12-9-. The third-order valence-electron chi connectivity index (χ3n) is 3.47. The average molecular weight is 417 g/mol. The van der Waals surface area contributed by atoms with Gasteiger partial charge in [0.1, 0.15) is 16.6 Å². The van der Waals surface area contributed by atoms with Gasteiger partial charge >= 0.3 is 0 Å². The fourth-order valence-electron chi connectivity index (χ4n) is 2.22. The van der Waals surface area contributed by atoms with Gasteiger partial charge in [0.15, 0.2) is 0 Å². The summed E-state index contributed by atoms with van der Waals surface area (Å²) >= 11 is 13.2. The van der Waals surface area contributed by atoms with Gasteiger partial charge in [0.25, 0.3) is 5.69 Å². The van der Waals surface area contributed by atoms with Crippen LogP contribution in [0.5, 0.6) is 0 Å². The number of thiazole rings is 1. The Kier molecular flexibility index (Phi) is 5.72. The van der Waals surface area contributed by atoms with Gasteiger partial charge in [-0.05, 0) is 30.3 Å². The van der Waals surface area contributed by atoms with E-state index in [0.29, 0.717) is 32.0 Å². The van der Waals surface area contributed by atoms with Crippen molar-refractivity contribution in [2.24, 2.45) is 0 Å². The third kappa shape index (κ3) is 4.63. The molecule has 27 heavy (non-hydrogen) atoms. The van der Waals surface area contributed by atoms with E-state index >= 15 is 0 Å². The van der Waals surface area contributed by atoms with Gasteiger partial charge in [0.2, 0.25) is 0 Å². The lowest BCUT2D eigenvalue weighted by Gasteiger charge is -2.03. The Morgan fingerprint density at radius 3 is 2.48 bits per heavy atom. The molecule has 0 saturated carbocycles. The number of anilines is 1. The van der Waals surface area contributed by atoms with Crippen LogP contribution in [0, 0.1) is 21.4 Å². The van der Waals surface area contributed by atoms with Gasteiger partial charge in [-0.25, -0.2) is 4.98 Å². The van der Waals surface area contributed by atoms with Crippen molar-refractivity contribution < 1.29 is 4.92 Å². The topological polar surface area (TPSA) is 91.8 Å². The predicted octanol–water partition coefficient (Wildman–Crippen LogP) is 6.00. The summed E-state index contributed by atoms with van der Waals surface area (Å²) in [6, 6.07) is 13.2. The molecule has 0 bridgehead atoms. The molecule has 6 nitrogen and oxygen atoms in total. The zero-order chi connectivity index (χ0) is 19.4. The fraction of sp³-hybridized carbons (Fsp3) is 0. The van der Waals surface area contributed by atoms with E-state index in [1.165, 1.54) is 29.7 Å². The first kappa shape index (κ1) is 18.9. The highest BCUT2D eigenvalue weighted by atomic mass is 35.5. The van der Waals surface area contributed by atoms with E-state index in [4.69, 9.17) is 23.2 Å². The van der Waals surface area contributed by atoms with Gasteiger partial charge in [-0.1, -0.05) is 23.2 Å². The van der Waals surface area contributed by atoms with Gasteiger partial charge in [-0.15, -0.1) is 11.3 Å². The van der Waals surface area contributed by atoms with Crippen molar-refractivity contribution in [1.29, 1.82) is 5.26 Å². The minimum absolute atomic E-state index is 0.0104. The smallest absolute Gasteiger partial charge is 0.269 e. The molecule has 3 aromatic rings. The summed E-state index contributed by atoms with van der Waals surface area (Å²) in [6.45, 7) is 0. The molecule has 1 heterocycles. The molecule has 0 aliphatic rings. The molecule has 3 rings (SSSR count). The highest BCUT2D eigenvalue weighted by Crippen LogP contribution is 2.28. The molecule has 0 aliphatic heterocycles.